The highest BCUT2D eigenvalue weighted by atomic mass is 16.5. The van der Waals surface area contributed by atoms with Gasteiger partial charge >= 0.3 is 13.1 Å². The summed E-state index contributed by atoms with van der Waals surface area (Å²) in [6, 6.07) is 10.0. The van der Waals surface area contributed by atoms with Crippen LogP contribution in [0.1, 0.15) is 32.8 Å². The Labute approximate surface area is 228 Å². The molecule has 1 aliphatic heterocycles. The van der Waals surface area contributed by atoms with E-state index in [2.05, 4.69) is 16.0 Å². The number of benzene rings is 2. The average molecular weight is 540 g/mol. The van der Waals surface area contributed by atoms with Crippen LogP contribution >= 0.6 is 0 Å². The van der Waals surface area contributed by atoms with Crippen molar-refractivity contribution in [2.45, 2.75) is 51.7 Å². The van der Waals surface area contributed by atoms with Gasteiger partial charge in [-0.2, -0.15) is 0 Å². The van der Waals surface area contributed by atoms with Crippen molar-refractivity contribution in [3.05, 3.63) is 48.0 Å². The first kappa shape index (κ1) is 30.1. The third kappa shape index (κ3) is 8.77. The van der Waals surface area contributed by atoms with Crippen LogP contribution in [0.2, 0.25) is 0 Å². The summed E-state index contributed by atoms with van der Waals surface area (Å²) in [5.74, 6) is -1.24. The van der Waals surface area contributed by atoms with Crippen LogP contribution in [-0.4, -0.2) is 90.0 Å². The number of urea groups is 1. The molecule has 1 heterocycles. The Morgan fingerprint density at radius 2 is 1.56 bits per heavy atom. The normalized spacial score (nSPS) is 15.8. The molecule has 0 aromatic heterocycles. The number of rotatable bonds is 11. The Balaban J connectivity index is 1.73. The van der Waals surface area contributed by atoms with Crippen LogP contribution in [0.25, 0.3) is 10.8 Å². The molecule has 3 rings (SSSR count). The van der Waals surface area contributed by atoms with E-state index in [9.17, 15) is 29.2 Å². The molecular formula is C27H37BN4O7. The molecule has 0 aliphatic carbocycles. The van der Waals surface area contributed by atoms with E-state index >= 15 is 0 Å². The highest BCUT2D eigenvalue weighted by Crippen LogP contribution is 2.17. The molecule has 0 saturated carbocycles. The smallest absolute Gasteiger partial charge is 0.421 e. The predicted molar refractivity (Wildman–Crippen MR) is 147 cm³/mol. The van der Waals surface area contributed by atoms with Crippen LogP contribution in [0.3, 0.4) is 0 Å². The Morgan fingerprint density at radius 3 is 2.21 bits per heavy atom. The monoisotopic (exact) mass is 540 g/mol. The summed E-state index contributed by atoms with van der Waals surface area (Å²) < 4.78 is 5.30. The van der Waals surface area contributed by atoms with Crippen molar-refractivity contribution in [3.8, 4) is 0 Å². The fourth-order valence-corrected chi connectivity index (χ4v) is 4.39. The fraction of sp³-hybridized carbons (Fsp3) is 0.481. The van der Waals surface area contributed by atoms with Gasteiger partial charge < -0.3 is 40.4 Å². The minimum Gasteiger partial charge on any atom is -0.421 e. The summed E-state index contributed by atoms with van der Waals surface area (Å²) in [5, 5.41) is 28.6. The fourth-order valence-electron chi connectivity index (χ4n) is 4.39. The molecule has 1 saturated heterocycles. The number of nitrogens with zero attached hydrogens (tertiary/aromatic N) is 1. The predicted octanol–water partition coefficient (Wildman–Crippen LogP) is 0.409. The molecule has 2 aromatic carbocycles. The molecule has 11 nitrogen and oxygen atoms in total. The molecule has 4 amide bonds. The van der Waals surface area contributed by atoms with Crippen molar-refractivity contribution in [2.75, 3.05) is 26.3 Å². The Kier molecular flexibility index (Phi) is 10.8. The van der Waals surface area contributed by atoms with E-state index < -0.39 is 48.8 Å². The summed E-state index contributed by atoms with van der Waals surface area (Å²) in [4.78, 5) is 52.9. The van der Waals surface area contributed by atoms with Crippen molar-refractivity contribution < 1.29 is 34.0 Å². The summed E-state index contributed by atoms with van der Waals surface area (Å²) in [7, 11) is -2.22. The van der Waals surface area contributed by atoms with E-state index in [1.807, 2.05) is 56.3 Å². The maximum Gasteiger partial charge on any atom is 0.529 e. The molecule has 1 fully saturated rings. The Hall–Kier alpha value is -3.48. The second kappa shape index (κ2) is 14.1. The quantitative estimate of drug-likeness (QED) is 0.259. The zero-order chi connectivity index (χ0) is 28.5. The standard InChI is InChI=1S/C27H37BN4O7/c1-17(2)14-22(24(33)28(37)38)30-25(34)18(3)29-26(35)23(31-27(36)32-10-12-39-13-11-32)16-19-8-9-20-6-4-5-7-21(20)15-19/h4-9,15,17-18,22-23,37-38H,10-14,16H2,1-3H3,(H,29,35)(H,30,34)(H,31,36)/t18-,22-,23-/m0/s1. The van der Waals surface area contributed by atoms with Crippen LogP contribution < -0.4 is 16.0 Å². The maximum atomic E-state index is 13.4. The van der Waals surface area contributed by atoms with E-state index in [0.717, 1.165) is 16.3 Å². The molecule has 0 spiro atoms. The number of carbonyl (C=O) groups excluding carboxylic acids is 4. The van der Waals surface area contributed by atoms with Crippen LogP contribution in [0, 0.1) is 5.92 Å². The zero-order valence-corrected chi connectivity index (χ0v) is 22.6. The first-order chi connectivity index (χ1) is 18.5. The van der Waals surface area contributed by atoms with Crippen LogP contribution in [0.4, 0.5) is 4.79 Å². The molecular weight excluding hydrogens is 503 g/mol. The number of carbonyl (C=O) groups is 4. The number of hydrogen-bond acceptors (Lipinski definition) is 7. The zero-order valence-electron chi connectivity index (χ0n) is 22.6. The van der Waals surface area contributed by atoms with Gasteiger partial charge in [0.1, 0.15) is 12.1 Å². The van der Waals surface area contributed by atoms with Gasteiger partial charge in [0.25, 0.3) is 0 Å². The van der Waals surface area contributed by atoms with Gasteiger partial charge in [-0.15, -0.1) is 0 Å². The van der Waals surface area contributed by atoms with Gasteiger partial charge in [0, 0.05) is 19.5 Å². The summed E-state index contributed by atoms with van der Waals surface area (Å²) in [6.07, 6.45) is 0.384. The number of morpholine rings is 1. The lowest BCUT2D eigenvalue weighted by Gasteiger charge is -2.29. The number of hydrogen-bond donors (Lipinski definition) is 5. The first-order valence-corrected chi connectivity index (χ1v) is 13.2. The van der Waals surface area contributed by atoms with Gasteiger partial charge in [-0.25, -0.2) is 4.79 Å². The average Bonchev–Trinajstić information content (AvgIpc) is 2.91. The number of ether oxygens (including phenoxy) is 1. The van der Waals surface area contributed by atoms with Crippen molar-refractivity contribution >= 4 is 41.4 Å². The van der Waals surface area contributed by atoms with Crippen molar-refractivity contribution in [2.24, 2.45) is 5.92 Å². The number of amides is 4. The SMILES string of the molecule is CC(C)C[C@H](NC(=O)[C@H](C)NC(=O)[C@H](Cc1ccc2ccccc2c1)NC(=O)N1CCOCC1)C(=O)B(O)O. The lowest BCUT2D eigenvalue weighted by Crippen LogP contribution is -2.58. The second-order valence-corrected chi connectivity index (χ2v) is 10.2. The maximum absolute atomic E-state index is 13.4. The van der Waals surface area contributed by atoms with E-state index in [-0.39, 0.29) is 18.8 Å². The molecule has 3 atom stereocenters. The van der Waals surface area contributed by atoms with Crippen LogP contribution in [0.15, 0.2) is 42.5 Å². The second-order valence-electron chi connectivity index (χ2n) is 10.2. The third-order valence-electron chi connectivity index (χ3n) is 6.54. The topological polar surface area (TPSA) is 157 Å². The lowest BCUT2D eigenvalue weighted by molar-refractivity contribution is -0.131. The van der Waals surface area contributed by atoms with Crippen molar-refractivity contribution in [3.63, 3.8) is 0 Å². The molecule has 0 radical (unpaired) electrons. The highest BCUT2D eigenvalue weighted by Gasteiger charge is 2.33. The van der Waals surface area contributed by atoms with Gasteiger partial charge in [-0.05, 0) is 35.6 Å². The molecule has 5 N–H and O–H groups in total. The summed E-state index contributed by atoms with van der Waals surface area (Å²) in [5.41, 5.74) is -0.102. The third-order valence-corrected chi connectivity index (χ3v) is 6.54. The van der Waals surface area contributed by atoms with E-state index in [1.54, 1.807) is 4.90 Å². The molecule has 0 bridgehead atoms. The van der Waals surface area contributed by atoms with Gasteiger partial charge in [0.15, 0.2) is 5.68 Å². The first-order valence-electron chi connectivity index (χ1n) is 13.2. The molecule has 2 aromatic rings. The summed E-state index contributed by atoms with van der Waals surface area (Å²) >= 11 is 0. The lowest BCUT2D eigenvalue weighted by atomic mass is 9.77. The molecule has 39 heavy (non-hydrogen) atoms. The van der Waals surface area contributed by atoms with Gasteiger partial charge in [-0.3, -0.25) is 9.59 Å². The van der Waals surface area contributed by atoms with Gasteiger partial charge in [0.2, 0.25) is 11.8 Å². The molecule has 12 heteroatoms. The highest BCUT2D eigenvalue weighted by molar-refractivity contribution is 6.79. The largest absolute Gasteiger partial charge is 0.529 e. The molecule has 0 unspecified atom stereocenters. The van der Waals surface area contributed by atoms with Gasteiger partial charge in [0.05, 0.1) is 19.3 Å². The molecule has 210 valence electrons. The minimum atomic E-state index is -2.22. The Morgan fingerprint density at radius 1 is 0.897 bits per heavy atom. The molecule has 1 aliphatic rings. The minimum absolute atomic E-state index is 0.00960. The van der Waals surface area contributed by atoms with Crippen molar-refractivity contribution in [1.82, 2.24) is 20.9 Å². The number of nitrogens with one attached hydrogen (secondary N) is 3. The Bertz CT molecular complexity index is 1170. The van der Waals surface area contributed by atoms with Crippen LogP contribution in [0.5, 0.6) is 0 Å². The number of fused-ring (bicyclic) bond motifs is 1. The van der Waals surface area contributed by atoms with E-state index in [0.29, 0.717) is 26.3 Å². The van der Waals surface area contributed by atoms with Crippen LogP contribution in [-0.2, 0) is 25.5 Å². The van der Waals surface area contributed by atoms with Gasteiger partial charge in [-0.1, -0.05) is 56.3 Å². The van der Waals surface area contributed by atoms with E-state index in [1.165, 1.54) is 6.92 Å². The van der Waals surface area contributed by atoms with E-state index in [4.69, 9.17) is 4.74 Å². The summed E-state index contributed by atoms with van der Waals surface area (Å²) in [6.45, 7) is 6.73. The van der Waals surface area contributed by atoms with Crippen molar-refractivity contribution in [1.29, 1.82) is 0 Å².